The molecule has 0 aliphatic heterocycles. The Bertz CT molecular complexity index is 1420. The highest BCUT2D eigenvalue weighted by molar-refractivity contribution is 7.23. The number of aryl methyl sites for hydroxylation is 1. The van der Waals surface area contributed by atoms with Crippen molar-refractivity contribution < 1.29 is 27.5 Å². The van der Waals surface area contributed by atoms with Crippen LogP contribution in [0.1, 0.15) is 21.6 Å². The Morgan fingerprint density at radius 3 is 2.51 bits per heavy atom. The van der Waals surface area contributed by atoms with Gasteiger partial charge in [-0.15, -0.1) is 11.3 Å². The minimum atomic E-state index is -4.50. The normalized spacial score (nSPS) is 11.2. The highest BCUT2D eigenvalue weighted by Gasteiger charge is 2.30. The summed E-state index contributed by atoms with van der Waals surface area (Å²) in [5.41, 5.74) is 0.204. The van der Waals surface area contributed by atoms with Gasteiger partial charge in [0.2, 0.25) is 0 Å². The highest BCUT2D eigenvalue weighted by Crippen LogP contribution is 2.38. The van der Waals surface area contributed by atoms with Gasteiger partial charge in [0, 0.05) is 29.7 Å². The number of pyridine rings is 1. The Morgan fingerprint density at radius 2 is 1.77 bits per heavy atom. The summed E-state index contributed by atoms with van der Waals surface area (Å²) in [7, 11) is 1.51. The molecule has 180 valence electrons. The number of benzene rings is 2. The van der Waals surface area contributed by atoms with E-state index < -0.39 is 17.8 Å². The molecule has 0 unspecified atom stereocenters. The summed E-state index contributed by atoms with van der Waals surface area (Å²) >= 11 is 1.30. The first-order chi connectivity index (χ1) is 16.6. The Kier molecular flexibility index (Phi) is 6.61. The Hall–Kier alpha value is -4.12. The minimum Gasteiger partial charge on any atom is -0.457 e. The number of fused-ring (bicyclic) bond motifs is 1. The first kappa shape index (κ1) is 24.0. The maximum Gasteiger partial charge on any atom is 0.416 e. The molecule has 3 N–H and O–H groups in total. The molecule has 3 amide bonds. The quantitative estimate of drug-likeness (QED) is 0.295. The third kappa shape index (κ3) is 5.52. The van der Waals surface area contributed by atoms with Crippen LogP contribution in [0.3, 0.4) is 0 Å². The lowest BCUT2D eigenvalue weighted by atomic mass is 10.2. The van der Waals surface area contributed by atoms with Crippen molar-refractivity contribution in [3.05, 3.63) is 77.6 Å². The molecule has 0 bridgehead atoms. The number of urea groups is 1. The molecule has 0 fully saturated rings. The number of halogens is 3. The van der Waals surface area contributed by atoms with Crippen molar-refractivity contribution in [1.29, 1.82) is 0 Å². The number of ether oxygens (including phenoxy) is 1. The maximum atomic E-state index is 12.9. The van der Waals surface area contributed by atoms with Gasteiger partial charge < -0.3 is 15.4 Å². The van der Waals surface area contributed by atoms with Crippen LogP contribution in [0.15, 0.2) is 60.8 Å². The number of anilines is 2. The highest BCUT2D eigenvalue weighted by atomic mass is 32.1. The van der Waals surface area contributed by atoms with E-state index in [0.717, 1.165) is 27.8 Å². The van der Waals surface area contributed by atoms with E-state index in [1.807, 2.05) is 13.0 Å². The molecule has 0 saturated heterocycles. The van der Waals surface area contributed by atoms with Crippen LogP contribution in [0, 0.1) is 6.92 Å². The zero-order valence-corrected chi connectivity index (χ0v) is 19.3. The maximum absolute atomic E-state index is 12.9. The van der Waals surface area contributed by atoms with Crippen molar-refractivity contribution in [1.82, 2.24) is 10.3 Å². The molecule has 7 nitrogen and oxygen atoms in total. The van der Waals surface area contributed by atoms with Crippen LogP contribution >= 0.6 is 11.3 Å². The smallest absolute Gasteiger partial charge is 0.416 e. The van der Waals surface area contributed by atoms with Gasteiger partial charge in [-0.2, -0.15) is 13.2 Å². The Balaban J connectivity index is 1.50. The summed E-state index contributed by atoms with van der Waals surface area (Å²) in [5.74, 6) is 0.622. The second kappa shape index (κ2) is 9.63. The monoisotopic (exact) mass is 500 g/mol. The van der Waals surface area contributed by atoms with Crippen molar-refractivity contribution in [3.8, 4) is 11.5 Å². The number of nitrogens with one attached hydrogen (secondary N) is 3. The van der Waals surface area contributed by atoms with Gasteiger partial charge in [-0.1, -0.05) is 6.07 Å². The fourth-order valence-corrected chi connectivity index (χ4v) is 4.42. The largest absolute Gasteiger partial charge is 0.457 e. The van der Waals surface area contributed by atoms with Gasteiger partial charge in [0.25, 0.3) is 5.91 Å². The average Bonchev–Trinajstić information content (AvgIpc) is 3.12. The van der Waals surface area contributed by atoms with Crippen LogP contribution < -0.4 is 20.7 Å². The van der Waals surface area contributed by atoms with Crippen molar-refractivity contribution in [2.24, 2.45) is 0 Å². The lowest BCUT2D eigenvalue weighted by Gasteiger charge is -2.10. The second-order valence-corrected chi connectivity index (χ2v) is 8.48. The van der Waals surface area contributed by atoms with Crippen LogP contribution in [-0.2, 0) is 6.18 Å². The van der Waals surface area contributed by atoms with E-state index in [9.17, 15) is 22.8 Å². The number of carbonyl (C=O) groups is 2. The zero-order valence-electron chi connectivity index (χ0n) is 18.5. The van der Waals surface area contributed by atoms with Crippen molar-refractivity contribution >= 4 is 44.0 Å². The van der Waals surface area contributed by atoms with Gasteiger partial charge in [-0.25, -0.2) is 4.79 Å². The number of hydrogen-bond acceptors (Lipinski definition) is 5. The van der Waals surface area contributed by atoms with E-state index in [1.54, 1.807) is 18.2 Å². The molecule has 11 heteroatoms. The third-order valence-corrected chi connectivity index (χ3v) is 6.18. The minimum absolute atomic E-state index is 0.0280. The van der Waals surface area contributed by atoms with Gasteiger partial charge in [-0.3, -0.25) is 15.1 Å². The van der Waals surface area contributed by atoms with Gasteiger partial charge in [0.15, 0.2) is 0 Å². The molecular weight excluding hydrogens is 481 g/mol. The number of nitrogens with zero attached hydrogens (tertiary/aromatic N) is 1. The summed E-state index contributed by atoms with van der Waals surface area (Å²) < 4.78 is 45.4. The number of aromatic nitrogens is 1. The third-order valence-electron chi connectivity index (χ3n) is 5.01. The molecule has 2 aromatic heterocycles. The molecule has 4 rings (SSSR count). The molecule has 0 spiro atoms. The number of rotatable bonds is 5. The van der Waals surface area contributed by atoms with Crippen LogP contribution in [0.2, 0.25) is 0 Å². The number of carbonyl (C=O) groups excluding carboxylic acids is 2. The number of hydrogen-bond donors (Lipinski definition) is 3. The molecule has 35 heavy (non-hydrogen) atoms. The van der Waals surface area contributed by atoms with Crippen LogP contribution in [-0.4, -0.2) is 24.0 Å². The number of alkyl halides is 3. The Labute approximate surface area is 201 Å². The first-order valence-corrected chi connectivity index (χ1v) is 11.1. The summed E-state index contributed by atoms with van der Waals surface area (Å²) in [6.07, 6.45) is -3.03. The topological polar surface area (TPSA) is 92.4 Å². The van der Waals surface area contributed by atoms with Gasteiger partial charge in [0.1, 0.15) is 22.2 Å². The predicted molar refractivity (Wildman–Crippen MR) is 128 cm³/mol. The van der Waals surface area contributed by atoms with Crippen LogP contribution in [0.4, 0.5) is 28.7 Å². The van der Waals surface area contributed by atoms with E-state index >= 15 is 0 Å². The van der Waals surface area contributed by atoms with E-state index in [4.69, 9.17) is 4.74 Å². The van der Waals surface area contributed by atoms with Crippen molar-refractivity contribution in [3.63, 3.8) is 0 Å². The summed E-state index contributed by atoms with van der Waals surface area (Å²) in [4.78, 5) is 28.2. The standard InChI is InChI=1S/C24H19F3N4O3S/c1-13-18-7-6-16(34-17-8-9-29-19(11-17)21(32)28-2)12-20(18)35-22(13)31-23(33)30-15-5-3-4-14(10-15)24(25,26)27/h3-12H,1-2H3,(H,28,32)(H2,30,31,33). The first-order valence-electron chi connectivity index (χ1n) is 10.3. The van der Waals surface area contributed by atoms with E-state index in [1.165, 1.54) is 42.8 Å². The molecule has 4 aromatic rings. The lowest BCUT2D eigenvalue weighted by molar-refractivity contribution is -0.137. The average molecular weight is 501 g/mol. The van der Waals surface area contributed by atoms with E-state index in [-0.39, 0.29) is 17.3 Å². The Morgan fingerprint density at radius 1 is 1.00 bits per heavy atom. The van der Waals surface area contributed by atoms with Gasteiger partial charge in [0.05, 0.1) is 5.56 Å². The number of amides is 3. The fourth-order valence-electron chi connectivity index (χ4n) is 3.29. The lowest BCUT2D eigenvalue weighted by Crippen LogP contribution is -2.19. The summed E-state index contributed by atoms with van der Waals surface area (Å²) in [6, 6.07) is 12.3. The molecule has 0 radical (unpaired) electrons. The fraction of sp³-hybridized carbons (Fsp3) is 0.125. The second-order valence-electron chi connectivity index (χ2n) is 7.43. The SMILES string of the molecule is CNC(=O)c1cc(Oc2ccc3c(C)c(NC(=O)Nc4cccc(C(F)(F)F)c4)sc3c2)ccn1. The molecule has 2 heterocycles. The van der Waals surface area contributed by atoms with Crippen molar-refractivity contribution in [2.45, 2.75) is 13.1 Å². The predicted octanol–water partition coefficient (Wildman–Crippen LogP) is 6.42. The zero-order chi connectivity index (χ0) is 25.2. The van der Waals surface area contributed by atoms with Crippen LogP contribution in [0.25, 0.3) is 10.1 Å². The molecule has 0 aliphatic rings. The van der Waals surface area contributed by atoms with Gasteiger partial charge >= 0.3 is 12.2 Å². The molecule has 2 aromatic carbocycles. The number of thiophene rings is 1. The van der Waals surface area contributed by atoms with Gasteiger partial charge in [-0.05, 0) is 60.3 Å². The van der Waals surface area contributed by atoms with E-state index in [2.05, 4.69) is 20.9 Å². The summed E-state index contributed by atoms with van der Waals surface area (Å²) in [5, 5.41) is 9.06. The molecule has 0 saturated carbocycles. The molecule has 0 aliphatic carbocycles. The van der Waals surface area contributed by atoms with Crippen molar-refractivity contribution in [2.75, 3.05) is 17.7 Å². The molecule has 0 atom stereocenters. The van der Waals surface area contributed by atoms with E-state index in [0.29, 0.717) is 16.5 Å². The summed E-state index contributed by atoms with van der Waals surface area (Å²) in [6.45, 7) is 1.83. The van der Waals surface area contributed by atoms with Crippen LogP contribution in [0.5, 0.6) is 11.5 Å². The molecular formula is C24H19F3N4O3S.